The first-order chi connectivity index (χ1) is 15.0. The van der Waals surface area contributed by atoms with Crippen LogP contribution in [0, 0.1) is 5.92 Å². The smallest absolute Gasteiger partial charge is 0.303 e. The molecule has 0 saturated heterocycles. The lowest BCUT2D eigenvalue weighted by molar-refractivity contribution is -0.137. The van der Waals surface area contributed by atoms with Crippen LogP contribution >= 0.6 is 0 Å². The van der Waals surface area contributed by atoms with Gasteiger partial charge in [-0.1, -0.05) is 42.8 Å². The third-order valence-corrected chi connectivity index (χ3v) is 6.62. The molecule has 6 nitrogen and oxygen atoms in total. The minimum Gasteiger partial charge on any atom is -0.481 e. The first kappa shape index (κ1) is 21.1. The van der Waals surface area contributed by atoms with Crippen LogP contribution in [0.15, 0.2) is 54.6 Å². The van der Waals surface area contributed by atoms with Gasteiger partial charge in [-0.25, -0.2) is 0 Å². The average Bonchev–Trinajstić information content (AvgIpc) is 3.25. The number of carboxylic acids is 1. The Kier molecular flexibility index (Phi) is 6.07. The fourth-order valence-electron chi connectivity index (χ4n) is 5.22. The number of nitrogens with zero attached hydrogens (tertiary/aromatic N) is 2. The maximum atomic E-state index is 13.5. The molecule has 1 saturated carbocycles. The Morgan fingerprint density at radius 3 is 2.45 bits per heavy atom. The molecule has 162 valence electrons. The number of rotatable bonds is 6. The third-order valence-electron chi connectivity index (χ3n) is 6.62. The zero-order chi connectivity index (χ0) is 22.0. The van der Waals surface area contributed by atoms with Crippen LogP contribution in [0.25, 0.3) is 0 Å². The minimum absolute atomic E-state index is 0.00108. The predicted molar refractivity (Wildman–Crippen MR) is 118 cm³/mol. The second-order valence-electron chi connectivity index (χ2n) is 8.46. The summed E-state index contributed by atoms with van der Waals surface area (Å²) >= 11 is 0. The van der Waals surface area contributed by atoms with Crippen LogP contribution in [0.2, 0.25) is 0 Å². The minimum atomic E-state index is -0.885. The van der Waals surface area contributed by atoms with Gasteiger partial charge in [0.2, 0.25) is 5.91 Å². The Hall–Kier alpha value is -3.15. The lowest BCUT2D eigenvalue weighted by Gasteiger charge is -2.46. The van der Waals surface area contributed by atoms with Crippen LogP contribution < -0.4 is 4.90 Å². The average molecular weight is 421 g/mol. The summed E-state index contributed by atoms with van der Waals surface area (Å²) in [6.07, 6.45) is 3.42. The van der Waals surface area contributed by atoms with Gasteiger partial charge in [-0.3, -0.25) is 14.4 Å². The molecule has 6 heteroatoms. The van der Waals surface area contributed by atoms with Crippen molar-refractivity contribution in [1.29, 1.82) is 0 Å². The van der Waals surface area contributed by atoms with Crippen molar-refractivity contribution in [2.75, 3.05) is 11.9 Å². The number of fused-ring (bicyclic) bond motifs is 2. The van der Waals surface area contributed by atoms with Gasteiger partial charge in [0.15, 0.2) is 0 Å². The lowest BCUT2D eigenvalue weighted by Crippen LogP contribution is -2.51. The highest BCUT2D eigenvalue weighted by atomic mass is 16.4. The normalized spacial score (nSPS) is 21.8. The summed E-state index contributed by atoms with van der Waals surface area (Å²) in [5.41, 5.74) is 2.53. The molecular formula is C25H28N2O4. The summed E-state index contributed by atoms with van der Waals surface area (Å²) in [5, 5.41) is 8.88. The Labute approximate surface area is 182 Å². The molecule has 0 bridgehead atoms. The lowest BCUT2D eigenvalue weighted by atomic mass is 9.81. The van der Waals surface area contributed by atoms with Crippen LogP contribution in [0.5, 0.6) is 0 Å². The highest BCUT2D eigenvalue weighted by molar-refractivity contribution is 6.07. The number of amides is 2. The standard InChI is InChI=1S/C25H28N2O4/c1-26(22(28)15-8-16-23(29)30)24-18-11-5-6-13-20(18)27(21-14-7-12-19(21)24)25(31)17-9-3-2-4-10-17/h2-6,9-11,13,19,21,24H,7-8,12,14-16H2,1H3,(H,29,30)/t19-,21+,24-/m0/s1. The molecule has 0 radical (unpaired) electrons. The monoisotopic (exact) mass is 420 g/mol. The second kappa shape index (κ2) is 8.92. The van der Waals surface area contributed by atoms with Crippen molar-refractivity contribution < 1.29 is 19.5 Å². The summed E-state index contributed by atoms with van der Waals surface area (Å²) in [5.74, 6) is -0.770. The van der Waals surface area contributed by atoms with Crippen LogP contribution in [-0.2, 0) is 9.59 Å². The molecule has 0 unspecified atom stereocenters. The molecule has 1 heterocycles. The van der Waals surface area contributed by atoms with E-state index in [1.807, 2.05) is 66.5 Å². The fraction of sp³-hybridized carbons (Fsp3) is 0.400. The molecule has 4 rings (SSSR count). The van der Waals surface area contributed by atoms with Crippen molar-refractivity contribution in [1.82, 2.24) is 4.90 Å². The van der Waals surface area contributed by atoms with E-state index >= 15 is 0 Å². The van der Waals surface area contributed by atoms with Crippen molar-refractivity contribution in [3.05, 3.63) is 65.7 Å². The highest BCUT2D eigenvalue weighted by Gasteiger charge is 2.47. The molecule has 2 aromatic rings. The van der Waals surface area contributed by atoms with Gasteiger partial charge in [0.05, 0.1) is 6.04 Å². The molecule has 2 aliphatic rings. The number of anilines is 1. The zero-order valence-corrected chi connectivity index (χ0v) is 17.7. The topological polar surface area (TPSA) is 77.9 Å². The van der Waals surface area contributed by atoms with Gasteiger partial charge in [0.1, 0.15) is 0 Å². The SMILES string of the molecule is CN(C(=O)CCCC(=O)O)[C@H]1c2ccccc2N(C(=O)c2ccccc2)[C@@H]2CCC[C@@H]21. The predicted octanol–water partition coefficient (Wildman–Crippen LogP) is 4.27. The van der Waals surface area contributed by atoms with Crippen molar-refractivity contribution >= 4 is 23.5 Å². The van der Waals surface area contributed by atoms with Crippen molar-refractivity contribution in [3.8, 4) is 0 Å². The van der Waals surface area contributed by atoms with Gasteiger partial charge in [0.25, 0.3) is 5.91 Å². The Bertz CT molecular complexity index is 974. The summed E-state index contributed by atoms with van der Waals surface area (Å²) in [6, 6.07) is 17.2. The van der Waals surface area contributed by atoms with Gasteiger partial charge in [-0.15, -0.1) is 0 Å². The number of benzene rings is 2. The molecule has 1 aliphatic heterocycles. The van der Waals surface area contributed by atoms with Crippen molar-refractivity contribution in [2.24, 2.45) is 5.92 Å². The van der Waals surface area contributed by atoms with E-state index in [0.29, 0.717) is 12.0 Å². The quantitative estimate of drug-likeness (QED) is 0.757. The Morgan fingerprint density at radius 1 is 1.00 bits per heavy atom. The van der Waals surface area contributed by atoms with E-state index in [1.54, 1.807) is 4.90 Å². The van der Waals surface area contributed by atoms with E-state index in [4.69, 9.17) is 5.11 Å². The molecule has 31 heavy (non-hydrogen) atoms. The molecule has 2 aromatic carbocycles. The third kappa shape index (κ3) is 4.07. The van der Waals surface area contributed by atoms with Gasteiger partial charge in [-0.05, 0) is 43.0 Å². The van der Waals surface area contributed by atoms with E-state index in [-0.39, 0.29) is 42.7 Å². The van der Waals surface area contributed by atoms with E-state index in [0.717, 1.165) is 30.5 Å². The number of carbonyl (C=O) groups is 3. The summed E-state index contributed by atoms with van der Waals surface area (Å²) in [4.78, 5) is 41.0. The molecule has 1 fully saturated rings. The summed E-state index contributed by atoms with van der Waals surface area (Å²) in [6.45, 7) is 0. The van der Waals surface area contributed by atoms with E-state index < -0.39 is 5.97 Å². The number of carbonyl (C=O) groups excluding carboxylic acids is 2. The first-order valence-electron chi connectivity index (χ1n) is 10.9. The zero-order valence-electron chi connectivity index (χ0n) is 17.7. The molecule has 0 aromatic heterocycles. The number of carboxylic acid groups (broad SMARTS) is 1. The van der Waals surface area contributed by atoms with E-state index in [1.165, 1.54) is 0 Å². The number of hydrogen-bond donors (Lipinski definition) is 1. The summed E-state index contributed by atoms with van der Waals surface area (Å²) < 4.78 is 0. The van der Waals surface area contributed by atoms with Gasteiger partial charge < -0.3 is 14.9 Å². The molecule has 2 amide bonds. The molecule has 3 atom stereocenters. The van der Waals surface area contributed by atoms with Crippen LogP contribution in [0.3, 0.4) is 0 Å². The fourth-order valence-corrected chi connectivity index (χ4v) is 5.22. The largest absolute Gasteiger partial charge is 0.481 e. The maximum absolute atomic E-state index is 13.5. The molecule has 0 spiro atoms. The number of aliphatic carboxylic acids is 1. The van der Waals surface area contributed by atoms with Gasteiger partial charge in [-0.2, -0.15) is 0 Å². The van der Waals surface area contributed by atoms with Crippen LogP contribution in [0.4, 0.5) is 5.69 Å². The second-order valence-corrected chi connectivity index (χ2v) is 8.46. The molecule has 1 aliphatic carbocycles. The van der Waals surface area contributed by atoms with Crippen LogP contribution in [0.1, 0.15) is 60.5 Å². The molecule has 1 N–H and O–H groups in total. The van der Waals surface area contributed by atoms with Crippen molar-refractivity contribution in [3.63, 3.8) is 0 Å². The van der Waals surface area contributed by atoms with Crippen molar-refractivity contribution in [2.45, 2.75) is 50.6 Å². The van der Waals surface area contributed by atoms with E-state index in [2.05, 4.69) is 0 Å². The number of hydrogen-bond acceptors (Lipinski definition) is 3. The van der Waals surface area contributed by atoms with Crippen LogP contribution in [-0.4, -0.2) is 40.9 Å². The highest BCUT2D eigenvalue weighted by Crippen LogP contribution is 2.50. The summed E-state index contributed by atoms with van der Waals surface area (Å²) in [7, 11) is 1.81. The first-order valence-corrected chi connectivity index (χ1v) is 10.9. The van der Waals surface area contributed by atoms with Gasteiger partial charge >= 0.3 is 5.97 Å². The van der Waals surface area contributed by atoms with E-state index in [9.17, 15) is 14.4 Å². The Morgan fingerprint density at radius 2 is 1.71 bits per heavy atom. The number of para-hydroxylation sites is 1. The maximum Gasteiger partial charge on any atom is 0.303 e. The van der Waals surface area contributed by atoms with Gasteiger partial charge in [0, 0.05) is 43.1 Å². The Balaban J connectivity index is 1.67. The molecular weight excluding hydrogens is 392 g/mol.